The van der Waals surface area contributed by atoms with E-state index in [4.69, 9.17) is 17.3 Å². The van der Waals surface area contributed by atoms with Crippen molar-refractivity contribution in [1.29, 1.82) is 0 Å². The second-order valence-electron chi connectivity index (χ2n) is 10.9. The molecule has 1 saturated heterocycles. The van der Waals surface area contributed by atoms with Crippen LogP contribution in [0.15, 0.2) is 67.0 Å². The number of likely N-dealkylation sites (tertiary alicyclic amines) is 1. The summed E-state index contributed by atoms with van der Waals surface area (Å²) < 4.78 is 1.76. The first-order chi connectivity index (χ1) is 19.7. The third-order valence-electron chi connectivity index (χ3n) is 7.74. The number of carbonyl (C=O) groups is 2. The Bertz CT molecular complexity index is 1590. The van der Waals surface area contributed by atoms with Crippen LogP contribution in [0.1, 0.15) is 69.6 Å². The lowest BCUT2D eigenvalue weighted by Crippen LogP contribution is -2.35. The molecule has 4 aromatic rings. The Kier molecular flexibility index (Phi) is 8.57. The van der Waals surface area contributed by atoms with Crippen LogP contribution in [0.5, 0.6) is 0 Å². The number of nitrogens with one attached hydrogen (secondary N) is 1. The fraction of sp³-hybridized carbons (Fsp3) is 0.303. The molecule has 7 nitrogen and oxygen atoms in total. The smallest absolute Gasteiger partial charge is 0.253 e. The predicted octanol–water partition coefficient (Wildman–Crippen LogP) is 6.29. The van der Waals surface area contributed by atoms with Crippen LogP contribution in [0.4, 0.5) is 0 Å². The first-order valence-electron chi connectivity index (χ1n) is 14.1. The van der Waals surface area contributed by atoms with E-state index in [1.165, 1.54) is 0 Å². The van der Waals surface area contributed by atoms with Gasteiger partial charge >= 0.3 is 0 Å². The fourth-order valence-electron chi connectivity index (χ4n) is 5.36. The molecule has 0 saturated carbocycles. The van der Waals surface area contributed by atoms with Gasteiger partial charge < -0.3 is 16.0 Å². The molecule has 1 unspecified atom stereocenters. The molecule has 0 radical (unpaired) electrons. The Balaban J connectivity index is 1.52. The second kappa shape index (κ2) is 12.3. The molecule has 1 atom stereocenters. The van der Waals surface area contributed by atoms with E-state index in [-0.39, 0.29) is 17.9 Å². The molecule has 3 aromatic carbocycles. The van der Waals surface area contributed by atoms with Gasteiger partial charge in [0.2, 0.25) is 0 Å². The van der Waals surface area contributed by atoms with Crippen LogP contribution in [-0.2, 0) is 13.6 Å². The van der Waals surface area contributed by atoms with Gasteiger partial charge in [-0.05, 0) is 109 Å². The summed E-state index contributed by atoms with van der Waals surface area (Å²) in [5.74, 6) is -0.149. The van der Waals surface area contributed by atoms with Crippen LogP contribution >= 0.6 is 11.6 Å². The van der Waals surface area contributed by atoms with Crippen molar-refractivity contribution in [3.63, 3.8) is 0 Å². The molecule has 1 aliphatic heterocycles. The zero-order valence-corrected chi connectivity index (χ0v) is 24.5. The highest BCUT2D eigenvalue weighted by Gasteiger charge is 2.21. The van der Waals surface area contributed by atoms with Crippen molar-refractivity contribution in [2.45, 2.75) is 45.7 Å². The maximum Gasteiger partial charge on any atom is 0.253 e. The lowest BCUT2D eigenvalue weighted by molar-refractivity contribution is 0.0724. The normalized spacial score (nSPS) is 14.1. The summed E-state index contributed by atoms with van der Waals surface area (Å²) >= 11 is 6.57. The number of piperidine rings is 1. The third-order valence-corrected chi connectivity index (χ3v) is 7.96. The zero-order valence-electron chi connectivity index (χ0n) is 23.8. The molecule has 1 aliphatic rings. The molecule has 2 amide bonds. The number of aryl methyl sites for hydroxylation is 2. The fourth-order valence-corrected chi connectivity index (χ4v) is 5.60. The molecule has 1 aromatic heterocycles. The number of hydrogen-bond donors (Lipinski definition) is 2. The number of benzene rings is 3. The maximum atomic E-state index is 13.3. The van der Waals surface area contributed by atoms with E-state index in [1.54, 1.807) is 10.7 Å². The minimum Gasteiger partial charge on any atom is -0.346 e. The second-order valence-corrected chi connectivity index (χ2v) is 11.3. The van der Waals surface area contributed by atoms with Crippen LogP contribution in [0.3, 0.4) is 0 Å². The maximum absolute atomic E-state index is 13.3. The molecule has 8 heteroatoms. The Morgan fingerprint density at radius 2 is 1.68 bits per heavy atom. The summed E-state index contributed by atoms with van der Waals surface area (Å²) in [5.41, 5.74) is 13.4. The topological polar surface area (TPSA) is 93.2 Å². The highest BCUT2D eigenvalue weighted by atomic mass is 35.5. The van der Waals surface area contributed by atoms with E-state index in [2.05, 4.69) is 28.6 Å². The lowest BCUT2D eigenvalue weighted by atomic mass is 9.93. The van der Waals surface area contributed by atoms with E-state index < -0.39 is 0 Å². The van der Waals surface area contributed by atoms with Gasteiger partial charge in [-0.25, -0.2) is 0 Å². The van der Waals surface area contributed by atoms with Gasteiger partial charge in [0.25, 0.3) is 11.8 Å². The molecule has 0 aliphatic carbocycles. The van der Waals surface area contributed by atoms with E-state index >= 15 is 0 Å². The molecule has 41 heavy (non-hydrogen) atoms. The first-order valence-corrected chi connectivity index (χ1v) is 14.4. The molecule has 212 valence electrons. The average molecular weight is 570 g/mol. The molecule has 3 N–H and O–H groups in total. The Morgan fingerprint density at radius 1 is 0.976 bits per heavy atom. The molecular formula is C33H36ClN5O2. The molecule has 0 bridgehead atoms. The van der Waals surface area contributed by atoms with E-state index in [1.807, 2.05) is 68.5 Å². The molecule has 0 spiro atoms. The number of nitrogens with zero attached hydrogens (tertiary/aromatic N) is 3. The minimum atomic E-state index is -0.299. The van der Waals surface area contributed by atoms with Gasteiger partial charge in [0.1, 0.15) is 0 Å². The zero-order chi connectivity index (χ0) is 29.1. The summed E-state index contributed by atoms with van der Waals surface area (Å²) in [7, 11) is 1.88. The van der Waals surface area contributed by atoms with Crippen LogP contribution in [0, 0.1) is 6.92 Å². The number of rotatable bonds is 7. The third kappa shape index (κ3) is 6.53. The van der Waals surface area contributed by atoms with Crippen molar-refractivity contribution >= 4 is 23.4 Å². The lowest BCUT2D eigenvalue weighted by Gasteiger charge is -2.27. The van der Waals surface area contributed by atoms with Crippen LogP contribution in [0.2, 0.25) is 5.02 Å². The van der Waals surface area contributed by atoms with Gasteiger partial charge in [-0.2, -0.15) is 5.10 Å². The van der Waals surface area contributed by atoms with E-state index in [9.17, 15) is 9.59 Å². The summed E-state index contributed by atoms with van der Waals surface area (Å²) in [6.45, 7) is 5.80. The number of amides is 2. The average Bonchev–Trinajstić information content (AvgIpc) is 3.43. The van der Waals surface area contributed by atoms with Crippen molar-refractivity contribution < 1.29 is 9.59 Å². The van der Waals surface area contributed by atoms with Gasteiger partial charge in [-0.15, -0.1) is 0 Å². The van der Waals surface area contributed by atoms with Gasteiger partial charge in [0.05, 0.1) is 12.2 Å². The van der Waals surface area contributed by atoms with E-state index in [0.717, 1.165) is 71.3 Å². The Morgan fingerprint density at radius 3 is 2.37 bits per heavy atom. The Labute approximate surface area is 246 Å². The molecule has 1 fully saturated rings. The van der Waals surface area contributed by atoms with Gasteiger partial charge in [0.15, 0.2) is 0 Å². The molecule has 2 heterocycles. The summed E-state index contributed by atoms with van der Waals surface area (Å²) in [6.07, 6.45) is 6.97. The first kappa shape index (κ1) is 28.6. The van der Waals surface area contributed by atoms with Crippen LogP contribution in [0.25, 0.3) is 22.3 Å². The van der Waals surface area contributed by atoms with Crippen molar-refractivity contribution in [3.05, 3.63) is 99.8 Å². The standard InChI is InChI=1S/C33H36ClN5O2/c1-21-7-8-23(18-35)11-31(21)32(40)37-22(2)24-12-25(14-26(13-24)29-19-36-38(3)20-29)27-15-28(17-30(34)16-27)33(41)39-9-5-4-6-10-39/h7-8,11-17,19-20,22H,4-6,9-10,18,35H2,1-3H3,(H,37,40). The van der Waals surface area contributed by atoms with Gasteiger partial charge in [-0.3, -0.25) is 14.3 Å². The number of halogens is 1. The monoisotopic (exact) mass is 569 g/mol. The Hall–Kier alpha value is -3.94. The summed E-state index contributed by atoms with van der Waals surface area (Å²) in [6, 6.07) is 17.1. The summed E-state index contributed by atoms with van der Waals surface area (Å²) in [5, 5.41) is 8.02. The number of nitrogens with two attached hydrogens (primary N) is 1. The summed E-state index contributed by atoms with van der Waals surface area (Å²) in [4.78, 5) is 28.6. The van der Waals surface area contributed by atoms with Crippen molar-refractivity contribution in [2.24, 2.45) is 12.8 Å². The van der Waals surface area contributed by atoms with Crippen molar-refractivity contribution in [1.82, 2.24) is 20.0 Å². The van der Waals surface area contributed by atoms with E-state index in [0.29, 0.717) is 22.7 Å². The van der Waals surface area contributed by atoms with Gasteiger partial charge in [0, 0.05) is 54.6 Å². The highest BCUT2D eigenvalue weighted by molar-refractivity contribution is 6.31. The number of hydrogen-bond acceptors (Lipinski definition) is 4. The predicted molar refractivity (Wildman–Crippen MR) is 164 cm³/mol. The SMILES string of the molecule is Cc1ccc(CN)cc1C(=O)NC(C)c1cc(-c2cc(Cl)cc(C(=O)N3CCCCC3)c2)cc(-c2cnn(C)c2)c1. The van der Waals surface area contributed by atoms with Crippen molar-refractivity contribution in [2.75, 3.05) is 13.1 Å². The van der Waals surface area contributed by atoms with Crippen LogP contribution < -0.4 is 11.1 Å². The molecule has 5 rings (SSSR count). The van der Waals surface area contributed by atoms with Crippen LogP contribution in [-0.4, -0.2) is 39.6 Å². The number of aromatic nitrogens is 2. The largest absolute Gasteiger partial charge is 0.346 e. The minimum absolute atomic E-state index is 0.00722. The quantitative estimate of drug-likeness (QED) is 0.273. The number of carbonyl (C=O) groups excluding carboxylic acids is 2. The van der Waals surface area contributed by atoms with Crippen molar-refractivity contribution in [3.8, 4) is 22.3 Å². The molecular weight excluding hydrogens is 534 g/mol. The van der Waals surface area contributed by atoms with Gasteiger partial charge in [-0.1, -0.05) is 23.7 Å². The highest BCUT2D eigenvalue weighted by Crippen LogP contribution is 2.33.